The Balaban J connectivity index is 4.21. The van der Waals surface area contributed by atoms with Crippen LogP contribution in [-0.2, 0) is 23.8 Å². The minimum absolute atomic E-state index is 0.0788. The highest BCUT2D eigenvalue weighted by molar-refractivity contribution is 5.70. The van der Waals surface area contributed by atoms with Gasteiger partial charge < -0.3 is 14.2 Å². The molecule has 5 heteroatoms. The predicted octanol–water partition coefficient (Wildman–Crippen LogP) is 18.9. The number of esters is 2. The van der Waals surface area contributed by atoms with E-state index in [0.717, 1.165) is 77.0 Å². The number of unbranched alkanes of at least 4 members (excludes halogenated alkanes) is 30. The monoisotopic (exact) mass is 895 g/mol. The van der Waals surface area contributed by atoms with Crippen LogP contribution in [0.5, 0.6) is 0 Å². The molecule has 5 nitrogen and oxygen atoms in total. The van der Waals surface area contributed by atoms with Gasteiger partial charge in [0.05, 0.1) is 6.61 Å². The average Bonchev–Trinajstić information content (AvgIpc) is 3.30. The van der Waals surface area contributed by atoms with Gasteiger partial charge in [0.2, 0.25) is 0 Å². The zero-order chi connectivity index (χ0) is 46.3. The molecule has 372 valence electrons. The van der Waals surface area contributed by atoms with Crippen molar-refractivity contribution in [2.24, 2.45) is 0 Å². The molecule has 0 aromatic rings. The summed E-state index contributed by atoms with van der Waals surface area (Å²) in [4.78, 5) is 25.5. The lowest BCUT2D eigenvalue weighted by molar-refractivity contribution is -0.163. The third kappa shape index (κ3) is 52.2. The number of hydrogen-bond donors (Lipinski definition) is 0. The van der Waals surface area contributed by atoms with E-state index in [1.165, 1.54) is 167 Å². The highest BCUT2D eigenvalue weighted by atomic mass is 16.6. The molecule has 0 saturated heterocycles. The minimum Gasteiger partial charge on any atom is -0.462 e. The Bertz CT molecular complexity index is 1100. The van der Waals surface area contributed by atoms with Crippen LogP contribution in [0.3, 0.4) is 0 Å². The third-order valence-electron chi connectivity index (χ3n) is 12.0. The van der Waals surface area contributed by atoms with E-state index >= 15 is 0 Å². The summed E-state index contributed by atoms with van der Waals surface area (Å²) in [6, 6.07) is 0. The Labute approximate surface area is 398 Å². The molecule has 0 bridgehead atoms. The van der Waals surface area contributed by atoms with Gasteiger partial charge in [-0.1, -0.05) is 242 Å². The molecule has 0 radical (unpaired) electrons. The molecule has 64 heavy (non-hydrogen) atoms. The number of allylic oxidation sites excluding steroid dienone is 10. The quantitative estimate of drug-likeness (QED) is 0.0346. The first kappa shape index (κ1) is 61.6. The number of rotatable bonds is 51. The van der Waals surface area contributed by atoms with Crippen molar-refractivity contribution in [2.75, 3.05) is 19.8 Å². The predicted molar refractivity (Wildman–Crippen MR) is 279 cm³/mol. The number of hydrogen-bond acceptors (Lipinski definition) is 5. The molecule has 0 aliphatic heterocycles. The highest BCUT2D eigenvalue weighted by Crippen LogP contribution is 2.15. The number of ether oxygens (including phenoxy) is 3. The molecule has 1 unspecified atom stereocenters. The van der Waals surface area contributed by atoms with Crippen LogP contribution in [0.25, 0.3) is 0 Å². The van der Waals surface area contributed by atoms with Gasteiger partial charge >= 0.3 is 11.9 Å². The summed E-state index contributed by atoms with van der Waals surface area (Å²) in [5, 5.41) is 0. The normalized spacial score (nSPS) is 12.6. The Hall–Kier alpha value is -2.40. The first-order chi connectivity index (χ1) is 31.6. The van der Waals surface area contributed by atoms with Gasteiger partial charge in [-0.25, -0.2) is 0 Å². The standard InChI is InChI=1S/C59H106O5/c1-4-7-10-13-16-19-22-24-26-28-30-32-34-36-38-40-43-46-49-52-58(60)63-56-57(55-62-54-51-48-45-42-21-18-15-12-9-6-3)64-59(61)53-50-47-44-41-39-37-35-33-31-29-27-25-23-20-17-14-11-8-5-2/h7,10,16,19,24-27,30,32,57H,4-6,8-9,11-15,17-18,20-23,28-29,31,33-56H2,1-3H3/b10-7-,19-16-,26-24-,27-25-,32-30-. The Morgan fingerprint density at radius 2 is 0.703 bits per heavy atom. The molecular weight excluding hydrogens is 789 g/mol. The van der Waals surface area contributed by atoms with Crippen molar-refractivity contribution in [1.29, 1.82) is 0 Å². The molecule has 0 heterocycles. The maximum absolute atomic E-state index is 12.8. The van der Waals surface area contributed by atoms with Gasteiger partial charge in [0.1, 0.15) is 6.61 Å². The maximum atomic E-state index is 12.8. The second-order valence-electron chi connectivity index (χ2n) is 18.5. The summed E-state index contributed by atoms with van der Waals surface area (Å²) in [7, 11) is 0. The number of carbonyl (C=O) groups excluding carboxylic acids is 2. The second kappa shape index (κ2) is 54.9. The van der Waals surface area contributed by atoms with Crippen LogP contribution in [0.1, 0.15) is 278 Å². The van der Waals surface area contributed by atoms with E-state index in [0.29, 0.717) is 19.4 Å². The molecule has 0 saturated carbocycles. The summed E-state index contributed by atoms with van der Waals surface area (Å²) in [5.41, 5.74) is 0. The van der Waals surface area contributed by atoms with E-state index < -0.39 is 6.10 Å². The first-order valence-electron chi connectivity index (χ1n) is 27.8. The molecule has 0 aromatic carbocycles. The lowest BCUT2D eigenvalue weighted by Crippen LogP contribution is -2.30. The molecule has 0 rings (SSSR count). The fourth-order valence-electron chi connectivity index (χ4n) is 7.91. The Morgan fingerprint density at radius 3 is 1.14 bits per heavy atom. The van der Waals surface area contributed by atoms with Gasteiger partial charge in [0.15, 0.2) is 6.10 Å². The molecule has 0 N–H and O–H groups in total. The van der Waals surface area contributed by atoms with Gasteiger partial charge in [-0.05, 0) is 83.5 Å². The average molecular weight is 895 g/mol. The fourth-order valence-corrected chi connectivity index (χ4v) is 7.91. The largest absolute Gasteiger partial charge is 0.462 e. The van der Waals surface area contributed by atoms with Crippen LogP contribution >= 0.6 is 0 Å². The van der Waals surface area contributed by atoms with Crippen LogP contribution in [0.15, 0.2) is 60.8 Å². The topological polar surface area (TPSA) is 61.8 Å². The molecule has 0 aliphatic carbocycles. The third-order valence-corrected chi connectivity index (χ3v) is 12.0. The molecule has 0 amide bonds. The fraction of sp³-hybridized carbons (Fsp3) is 0.797. The zero-order valence-electron chi connectivity index (χ0n) is 42.8. The van der Waals surface area contributed by atoms with Crippen LogP contribution in [0.4, 0.5) is 0 Å². The van der Waals surface area contributed by atoms with E-state index in [1.54, 1.807) is 0 Å². The van der Waals surface area contributed by atoms with Crippen LogP contribution < -0.4 is 0 Å². The van der Waals surface area contributed by atoms with Gasteiger partial charge in [0, 0.05) is 19.4 Å². The summed E-state index contributed by atoms with van der Waals surface area (Å²) in [6.07, 6.45) is 69.5. The second-order valence-corrected chi connectivity index (χ2v) is 18.5. The Kier molecular flexibility index (Phi) is 52.9. The van der Waals surface area contributed by atoms with Crippen molar-refractivity contribution >= 4 is 11.9 Å². The molecular formula is C59H106O5. The van der Waals surface area contributed by atoms with Crippen molar-refractivity contribution in [2.45, 2.75) is 284 Å². The van der Waals surface area contributed by atoms with E-state index in [4.69, 9.17) is 14.2 Å². The highest BCUT2D eigenvalue weighted by Gasteiger charge is 2.17. The van der Waals surface area contributed by atoms with Crippen LogP contribution in [0.2, 0.25) is 0 Å². The SMILES string of the molecule is CC/C=C\C/C=C\C/C=C\C/C=C\CCCCCCCCC(=O)OCC(COCCCCCCCCCCCC)OC(=O)CCCCCCCCCCC/C=C\CCCCCCCC. The van der Waals surface area contributed by atoms with E-state index in [9.17, 15) is 9.59 Å². The molecule has 0 aliphatic rings. The lowest BCUT2D eigenvalue weighted by Gasteiger charge is -2.18. The van der Waals surface area contributed by atoms with E-state index in [1.807, 2.05) is 0 Å². The van der Waals surface area contributed by atoms with Gasteiger partial charge in [-0.15, -0.1) is 0 Å². The summed E-state index contributed by atoms with van der Waals surface area (Å²) in [5.74, 6) is -0.405. The van der Waals surface area contributed by atoms with E-state index in [2.05, 4.69) is 81.5 Å². The first-order valence-corrected chi connectivity index (χ1v) is 27.8. The number of carbonyl (C=O) groups is 2. The smallest absolute Gasteiger partial charge is 0.306 e. The lowest BCUT2D eigenvalue weighted by atomic mass is 10.1. The van der Waals surface area contributed by atoms with Gasteiger partial charge in [-0.3, -0.25) is 9.59 Å². The van der Waals surface area contributed by atoms with E-state index in [-0.39, 0.29) is 25.2 Å². The summed E-state index contributed by atoms with van der Waals surface area (Å²) in [6.45, 7) is 7.72. The Morgan fingerprint density at radius 1 is 0.359 bits per heavy atom. The zero-order valence-corrected chi connectivity index (χ0v) is 42.8. The van der Waals surface area contributed by atoms with Crippen molar-refractivity contribution in [3.05, 3.63) is 60.8 Å². The molecule has 0 aromatic heterocycles. The maximum Gasteiger partial charge on any atom is 0.306 e. The van der Waals surface area contributed by atoms with Crippen molar-refractivity contribution in [3.8, 4) is 0 Å². The van der Waals surface area contributed by atoms with Gasteiger partial charge in [-0.2, -0.15) is 0 Å². The van der Waals surface area contributed by atoms with Crippen LogP contribution in [-0.4, -0.2) is 37.9 Å². The molecule has 0 spiro atoms. The van der Waals surface area contributed by atoms with Crippen molar-refractivity contribution < 1.29 is 23.8 Å². The van der Waals surface area contributed by atoms with Crippen molar-refractivity contribution in [1.82, 2.24) is 0 Å². The summed E-state index contributed by atoms with van der Waals surface area (Å²) >= 11 is 0. The van der Waals surface area contributed by atoms with Crippen LogP contribution in [0, 0.1) is 0 Å². The minimum atomic E-state index is -0.541. The molecule has 0 fully saturated rings. The van der Waals surface area contributed by atoms with Crippen molar-refractivity contribution in [3.63, 3.8) is 0 Å². The van der Waals surface area contributed by atoms with Gasteiger partial charge in [0.25, 0.3) is 0 Å². The molecule has 1 atom stereocenters. The summed E-state index contributed by atoms with van der Waals surface area (Å²) < 4.78 is 17.4.